The third kappa shape index (κ3) is 5.29. The summed E-state index contributed by atoms with van der Waals surface area (Å²) in [4.78, 5) is 0. The highest BCUT2D eigenvalue weighted by Gasteiger charge is 2.51. The molecule has 30 heavy (non-hydrogen) atoms. The van der Waals surface area contributed by atoms with Crippen molar-refractivity contribution in [1.82, 2.24) is 0 Å². The van der Waals surface area contributed by atoms with Crippen LogP contribution in [-0.4, -0.2) is 42.4 Å². The smallest absolute Gasteiger partial charge is 0.163 e. The van der Waals surface area contributed by atoms with Crippen molar-refractivity contribution in [2.75, 3.05) is 13.2 Å². The first kappa shape index (κ1) is 21.5. The lowest BCUT2D eigenvalue weighted by atomic mass is 9.89. The Balaban J connectivity index is 1.43. The van der Waals surface area contributed by atoms with E-state index in [2.05, 4.69) is 24.3 Å². The van der Waals surface area contributed by atoms with Crippen LogP contribution in [0.15, 0.2) is 60.7 Å². The highest BCUT2D eigenvalue weighted by Crippen LogP contribution is 2.42. The van der Waals surface area contributed by atoms with Crippen LogP contribution in [0, 0.1) is 11.8 Å². The van der Waals surface area contributed by atoms with E-state index in [1.807, 2.05) is 50.2 Å². The lowest BCUT2D eigenvalue weighted by Crippen LogP contribution is -2.38. The maximum Gasteiger partial charge on any atom is 0.163 e. The van der Waals surface area contributed by atoms with Crippen molar-refractivity contribution < 1.29 is 24.1 Å². The van der Waals surface area contributed by atoms with E-state index in [0.717, 1.165) is 11.1 Å². The van der Waals surface area contributed by atoms with Crippen LogP contribution in [-0.2, 0) is 32.2 Å². The van der Waals surface area contributed by atoms with Gasteiger partial charge in [-0.3, -0.25) is 0 Å². The Morgan fingerprint density at radius 2 is 1.60 bits per heavy atom. The summed E-state index contributed by atoms with van der Waals surface area (Å²) in [5, 5.41) is 10.9. The molecule has 0 radical (unpaired) electrons. The fourth-order valence-electron chi connectivity index (χ4n) is 4.61. The molecule has 1 unspecified atom stereocenters. The zero-order chi connectivity index (χ0) is 21.0. The minimum Gasteiger partial charge on any atom is -0.393 e. The van der Waals surface area contributed by atoms with Crippen LogP contribution in [0.1, 0.15) is 31.4 Å². The van der Waals surface area contributed by atoms with Gasteiger partial charge in [0, 0.05) is 18.3 Å². The molecule has 0 aromatic heterocycles. The van der Waals surface area contributed by atoms with Gasteiger partial charge in [-0.2, -0.15) is 0 Å². The number of aliphatic hydroxyl groups excluding tert-OH is 1. The topological polar surface area (TPSA) is 57.2 Å². The summed E-state index contributed by atoms with van der Waals surface area (Å²) < 4.78 is 24.3. The molecule has 2 aliphatic rings. The Hall–Kier alpha value is -1.76. The first-order valence-electron chi connectivity index (χ1n) is 10.8. The molecule has 0 bridgehead atoms. The molecule has 2 aromatic rings. The minimum atomic E-state index is -0.622. The van der Waals surface area contributed by atoms with Crippen LogP contribution in [0.25, 0.3) is 0 Å². The quantitative estimate of drug-likeness (QED) is 0.712. The van der Waals surface area contributed by atoms with Gasteiger partial charge >= 0.3 is 0 Å². The minimum absolute atomic E-state index is 0.0370. The summed E-state index contributed by atoms with van der Waals surface area (Å²) >= 11 is 0. The molecule has 5 atom stereocenters. The van der Waals surface area contributed by atoms with Gasteiger partial charge in [0.1, 0.15) is 0 Å². The molecular formula is C25H32O5. The molecule has 1 saturated carbocycles. The lowest BCUT2D eigenvalue weighted by Gasteiger charge is -2.29. The van der Waals surface area contributed by atoms with Crippen molar-refractivity contribution in [3.8, 4) is 0 Å². The Kier molecular flexibility index (Phi) is 6.86. The molecule has 4 rings (SSSR count). The van der Waals surface area contributed by atoms with E-state index in [1.54, 1.807) is 0 Å². The van der Waals surface area contributed by atoms with Gasteiger partial charge in [0.2, 0.25) is 0 Å². The average Bonchev–Trinajstić information content (AvgIpc) is 3.26. The summed E-state index contributed by atoms with van der Waals surface area (Å²) in [5.74, 6) is -0.665. The van der Waals surface area contributed by atoms with Gasteiger partial charge in [-0.05, 0) is 25.0 Å². The molecule has 2 fully saturated rings. The van der Waals surface area contributed by atoms with E-state index in [-0.39, 0.29) is 24.0 Å². The maximum absolute atomic E-state index is 10.9. The van der Waals surface area contributed by atoms with Crippen molar-refractivity contribution in [1.29, 1.82) is 0 Å². The number of benzene rings is 2. The van der Waals surface area contributed by atoms with Gasteiger partial charge < -0.3 is 24.1 Å². The number of rotatable bonds is 8. The summed E-state index contributed by atoms with van der Waals surface area (Å²) in [5.41, 5.74) is 2.26. The van der Waals surface area contributed by atoms with Gasteiger partial charge in [-0.1, -0.05) is 60.7 Å². The Labute approximate surface area is 178 Å². The maximum atomic E-state index is 10.9. The second kappa shape index (κ2) is 9.58. The van der Waals surface area contributed by atoms with Crippen LogP contribution >= 0.6 is 0 Å². The molecule has 1 aliphatic carbocycles. The molecule has 0 amide bonds. The van der Waals surface area contributed by atoms with Gasteiger partial charge in [0.15, 0.2) is 5.79 Å². The summed E-state index contributed by atoms with van der Waals surface area (Å²) in [6.07, 6.45) is -0.172. The van der Waals surface area contributed by atoms with Crippen LogP contribution in [0.3, 0.4) is 0 Å². The Bertz CT molecular complexity index is 779. The molecule has 0 spiro atoms. The van der Waals surface area contributed by atoms with Crippen molar-refractivity contribution in [3.05, 3.63) is 71.8 Å². The lowest BCUT2D eigenvalue weighted by molar-refractivity contribution is -0.154. The second-order valence-electron chi connectivity index (χ2n) is 8.75. The number of ether oxygens (including phenoxy) is 4. The molecule has 5 nitrogen and oxygen atoms in total. The third-order valence-electron chi connectivity index (χ3n) is 6.08. The third-order valence-corrected chi connectivity index (χ3v) is 6.08. The SMILES string of the molecule is CC1(C)OCC([C@H]2[C@H](COCc3ccccc3)[C@@H](OCc3ccccc3)C[C@H]2O)O1. The zero-order valence-electron chi connectivity index (χ0n) is 17.8. The van der Waals surface area contributed by atoms with Crippen molar-refractivity contribution in [2.24, 2.45) is 11.8 Å². The molecule has 162 valence electrons. The number of hydrogen-bond donors (Lipinski definition) is 1. The summed E-state index contributed by atoms with van der Waals surface area (Å²) in [7, 11) is 0. The molecule has 1 aliphatic heterocycles. The standard InChI is InChI=1S/C25H32O5/c1-25(2)29-17-23(30-25)24-20(16-27-14-18-9-5-3-6-10-18)22(13-21(24)26)28-15-19-11-7-4-8-12-19/h3-12,20-24,26H,13-17H2,1-2H3/t20-,21-,22+,23?,24+/m1/s1. The number of aliphatic hydroxyl groups is 1. The monoisotopic (exact) mass is 412 g/mol. The predicted molar refractivity (Wildman–Crippen MR) is 114 cm³/mol. The van der Waals surface area contributed by atoms with Crippen LogP contribution in [0.2, 0.25) is 0 Å². The van der Waals surface area contributed by atoms with E-state index in [1.165, 1.54) is 0 Å². The van der Waals surface area contributed by atoms with E-state index < -0.39 is 11.9 Å². The normalized spacial score (nSPS) is 30.6. The molecule has 5 heteroatoms. The van der Waals surface area contributed by atoms with Gasteiger partial charge in [0.05, 0.1) is 44.7 Å². The van der Waals surface area contributed by atoms with Crippen LogP contribution in [0.4, 0.5) is 0 Å². The van der Waals surface area contributed by atoms with E-state index in [9.17, 15) is 5.11 Å². The Morgan fingerprint density at radius 3 is 2.20 bits per heavy atom. The van der Waals surface area contributed by atoms with Gasteiger partial charge in [-0.15, -0.1) is 0 Å². The van der Waals surface area contributed by atoms with Gasteiger partial charge in [-0.25, -0.2) is 0 Å². The average molecular weight is 413 g/mol. The molecular weight excluding hydrogens is 380 g/mol. The van der Waals surface area contributed by atoms with Crippen LogP contribution < -0.4 is 0 Å². The summed E-state index contributed by atoms with van der Waals surface area (Å²) in [6.45, 7) is 5.88. The largest absolute Gasteiger partial charge is 0.393 e. The molecule has 2 aromatic carbocycles. The predicted octanol–water partition coefficient (Wildman–Crippen LogP) is 3.94. The fraction of sp³-hybridized carbons (Fsp3) is 0.520. The fourth-order valence-corrected chi connectivity index (χ4v) is 4.61. The van der Waals surface area contributed by atoms with Crippen molar-refractivity contribution in [2.45, 2.75) is 57.6 Å². The molecule has 1 saturated heterocycles. The molecule has 1 heterocycles. The first-order chi connectivity index (χ1) is 14.5. The van der Waals surface area contributed by atoms with E-state index in [0.29, 0.717) is 32.8 Å². The first-order valence-corrected chi connectivity index (χ1v) is 10.8. The van der Waals surface area contributed by atoms with Crippen molar-refractivity contribution in [3.63, 3.8) is 0 Å². The Morgan fingerprint density at radius 1 is 0.967 bits per heavy atom. The zero-order valence-corrected chi connectivity index (χ0v) is 17.8. The van der Waals surface area contributed by atoms with Crippen molar-refractivity contribution >= 4 is 0 Å². The summed E-state index contributed by atoms with van der Waals surface area (Å²) in [6, 6.07) is 20.3. The second-order valence-corrected chi connectivity index (χ2v) is 8.75. The van der Waals surface area contributed by atoms with Crippen LogP contribution in [0.5, 0.6) is 0 Å². The highest BCUT2D eigenvalue weighted by atomic mass is 16.7. The van der Waals surface area contributed by atoms with E-state index >= 15 is 0 Å². The van der Waals surface area contributed by atoms with Gasteiger partial charge in [0.25, 0.3) is 0 Å². The van der Waals surface area contributed by atoms with E-state index in [4.69, 9.17) is 18.9 Å². The highest BCUT2D eigenvalue weighted by molar-refractivity contribution is 5.14. The molecule has 1 N–H and O–H groups in total. The number of hydrogen-bond acceptors (Lipinski definition) is 5.